The van der Waals surface area contributed by atoms with E-state index in [4.69, 9.17) is 9.72 Å². The highest BCUT2D eigenvalue weighted by Crippen LogP contribution is 2.28. The predicted molar refractivity (Wildman–Crippen MR) is 134 cm³/mol. The second kappa shape index (κ2) is 11.4. The molecule has 5 heteroatoms. The summed E-state index contributed by atoms with van der Waals surface area (Å²) in [6.45, 7) is 6.74. The molecule has 0 bridgehead atoms. The third-order valence-electron chi connectivity index (χ3n) is 6.58. The number of unbranched alkanes of at least 4 members (excludes halogenated alkanes) is 3. The minimum Gasteiger partial charge on any atom is -0.494 e. The Morgan fingerprint density at radius 1 is 1.03 bits per heavy atom. The molecule has 1 aliphatic rings. The Kier molecular flexibility index (Phi) is 8.03. The lowest BCUT2D eigenvalue weighted by Crippen LogP contribution is -2.25. The molecule has 1 saturated carbocycles. The van der Waals surface area contributed by atoms with E-state index < -0.39 is 0 Å². The third kappa shape index (κ3) is 6.59. The highest BCUT2D eigenvalue weighted by atomic mass is 16.5. The minimum atomic E-state index is 0.248. The zero-order valence-corrected chi connectivity index (χ0v) is 20.1. The van der Waals surface area contributed by atoms with Crippen LogP contribution in [0.1, 0.15) is 61.9 Å². The summed E-state index contributed by atoms with van der Waals surface area (Å²) in [4.78, 5) is 16.6. The van der Waals surface area contributed by atoms with Crippen LogP contribution in [0.2, 0.25) is 0 Å². The van der Waals surface area contributed by atoms with E-state index in [2.05, 4.69) is 66.2 Å². The standard InChI is InChI=1S/C28H37N3O2/c1-21-13-16-24(20-22(21)2)33-19-9-8-18-31-26-11-6-5-10-25(26)30-27(31)12-4-3-7-17-29-28(32)23-14-15-23/h5-6,10-11,13,16,20,23H,3-4,7-9,12,14-15,17-19H2,1-2H3,(H,29,32). The van der Waals surface area contributed by atoms with Crippen molar-refractivity contribution in [1.29, 1.82) is 0 Å². The maximum Gasteiger partial charge on any atom is 0.223 e. The fourth-order valence-electron chi connectivity index (χ4n) is 4.22. The average Bonchev–Trinajstić information content (AvgIpc) is 3.61. The second-order valence-corrected chi connectivity index (χ2v) is 9.35. The SMILES string of the molecule is Cc1ccc(OCCCCn2c(CCCCCNC(=O)C3CC3)nc3ccccc32)cc1C. The van der Waals surface area contributed by atoms with Crippen LogP contribution < -0.4 is 10.1 Å². The number of aryl methyl sites for hydroxylation is 4. The number of nitrogens with one attached hydrogen (secondary N) is 1. The van der Waals surface area contributed by atoms with Gasteiger partial charge in [0.2, 0.25) is 5.91 Å². The molecule has 0 radical (unpaired) electrons. The van der Waals surface area contributed by atoms with Crippen molar-refractivity contribution in [2.75, 3.05) is 13.2 Å². The van der Waals surface area contributed by atoms with E-state index in [0.29, 0.717) is 5.92 Å². The van der Waals surface area contributed by atoms with Crippen molar-refractivity contribution in [2.24, 2.45) is 5.92 Å². The minimum absolute atomic E-state index is 0.248. The molecule has 0 saturated heterocycles. The summed E-state index contributed by atoms with van der Waals surface area (Å²) in [6, 6.07) is 14.7. The van der Waals surface area contributed by atoms with Crippen molar-refractivity contribution in [3.05, 3.63) is 59.4 Å². The molecule has 0 atom stereocenters. The maximum atomic E-state index is 11.7. The van der Waals surface area contributed by atoms with Crippen molar-refractivity contribution in [3.8, 4) is 5.75 Å². The number of carbonyl (C=O) groups is 1. The highest BCUT2D eigenvalue weighted by Gasteiger charge is 2.28. The van der Waals surface area contributed by atoms with Gasteiger partial charge in [-0.3, -0.25) is 4.79 Å². The van der Waals surface area contributed by atoms with Crippen LogP contribution in [0.25, 0.3) is 11.0 Å². The molecule has 5 nitrogen and oxygen atoms in total. The number of hydrogen-bond donors (Lipinski definition) is 1. The molecular weight excluding hydrogens is 410 g/mol. The lowest BCUT2D eigenvalue weighted by Gasteiger charge is -2.11. The number of rotatable bonds is 13. The summed E-state index contributed by atoms with van der Waals surface area (Å²) < 4.78 is 8.35. The van der Waals surface area contributed by atoms with Gasteiger partial charge in [-0.05, 0) is 87.8 Å². The van der Waals surface area contributed by atoms with Gasteiger partial charge in [-0.1, -0.05) is 24.6 Å². The predicted octanol–water partition coefficient (Wildman–Crippen LogP) is 5.75. The monoisotopic (exact) mass is 447 g/mol. The largest absolute Gasteiger partial charge is 0.494 e. The maximum absolute atomic E-state index is 11.7. The lowest BCUT2D eigenvalue weighted by atomic mass is 10.1. The smallest absolute Gasteiger partial charge is 0.223 e. The van der Waals surface area contributed by atoms with Gasteiger partial charge in [-0.15, -0.1) is 0 Å². The summed E-state index contributed by atoms with van der Waals surface area (Å²) in [7, 11) is 0. The van der Waals surface area contributed by atoms with Crippen LogP contribution in [0.15, 0.2) is 42.5 Å². The number of ether oxygens (including phenoxy) is 1. The number of aromatic nitrogens is 2. The quantitative estimate of drug-likeness (QED) is 0.339. The fraction of sp³-hybridized carbons (Fsp3) is 0.500. The zero-order chi connectivity index (χ0) is 23.0. The molecule has 1 fully saturated rings. The Balaban J connectivity index is 1.23. The molecule has 1 N–H and O–H groups in total. The van der Waals surface area contributed by atoms with Crippen LogP contribution in [-0.4, -0.2) is 28.6 Å². The molecule has 3 aromatic rings. The molecule has 1 aliphatic carbocycles. The van der Waals surface area contributed by atoms with Gasteiger partial charge < -0.3 is 14.6 Å². The van der Waals surface area contributed by atoms with Gasteiger partial charge in [0.1, 0.15) is 11.6 Å². The summed E-state index contributed by atoms with van der Waals surface area (Å²) in [5.41, 5.74) is 4.87. The average molecular weight is 448 g/mol. The van der Waals surface area contributed by atoms with Gasteiger partial charge in [0.15, 0.2) is 0 Å². The number of hydrogen-bond acceptors (Lipinski definition) is 3. The van der Waals surface area contributed by atoms with Gasteiger partial charge in [-0.25, -0.2) is 4.98 Å². The van der Waals surface area contributed by atoms with Crippen LogP contribution >= 0.6 is 0 Å². The van der Waals surface area contributed by atoms with Crippen molar-refractivity contribution < 1.29 is 9.53 Å². The van der Waals surface area contributed by atoms with Crippen LogP contribution in [0.4, 0.5) is 0 Å². The summed E-state index contributed by atoms with van der Waals surface area (Å²) in [5.74, 6) is 2.68. The van der Waals surface area contributed by atoms with E-state index in [1.54, 1.807) is 0 Å². The normalized spacial score (nSPS) is 13.4. The Labute approximate surface area is 197 Å². The molecule has 33 heavy (non-hydrogen) atoms. The third-order valence-corrected chi connectivity index (χ3v) is 6.58. The van der Waals surface area contributed by atoms with E-state index in [0.717, 1.165) is 82.3 Å². The Hall–Kier alpha value is -2.82. The van der Waals surface area contributed by atoms with Gasteiger partial charge in [0.25, 0.3) is 0 Å². The van der Waals surface area contributed by atoms with Crippen molar-refractivity contribution in [2.45, 2.75) is 71.8 Å². The van der Waals surface area contributed by atoms with E-state index in [1.165, 1.54) is 22.5 Å². The van der Waals surface area contributed by atoms with Crippen LogP contribution in [0.3, 0.4) is 0 Å². The number of para-hydroxylation sites is 2. The summed E-state index contributed by atoms with van der Waals surface area (Å²) >= 11 is 0. The highest BCUT2D eigenvalue weighted by molar-refractivity contribution is 5.80. The first kappa shape index (κ1) is 23.3. The molecule has 1 heterocycles. The molecule has 0 spiro atoms. The molecule has 1 amide bonds. The number of carbonyl (C=O) groups excluding carboxylic acids is 1. The fourth-order valence-corrected chi connectivity index (χ4v) is 4.22. The molecule has 4 rings (SSSR count). The first-order valence-corrected chi connectivity index (χ1v) is 12.5. The van der Waals surface area contributed by atoms with Crippen LogP contribution in [0, 0.1) is 19.8 Å². The molecule has 2 aromatic carbocycles. The van der Waals surface area contributed by atoms with Crippen molar-refractivity contribution in [1.82, 2.24) is 14.9 Å². The first-order chi connectivity index (χ1) is 16.1. The molecule has 0 unspecified atom stereocenters. The summed E-state index contributed by atoms with van der Waals surface area (Å²) in [6.07, 6.45) is 8.43. The second-order valence-electron chi connectivity index (χ2n) is 9.35. The van der Waals surface area contributed by atoms with Gasteiger partial charge in [0, 0.05) is 25.4 Å². The zero-order valence-electron chi connectivity index (χ0n) is 20.1. The van der Waals surface area contributed by atoms with Crippen LogP contribution in [-0.2, 0) is 17.8 Å². The molecule has 0 aliphatic heterocycles. The molecule has 1 aromatic heterocycles. The Bertz CT molecular complexity index is 1070. The molecular formula is C28H37N3O2. The van der Waals surface area contributed by atoms with E-state index in [1.807, 2.05) is 0 Å². The Morgan fingerprint density at radius 3 is 2.70 bits per heavy atom. The summed E-state index contributed by atoms with van der Waals surface area (Å²) in [5, 5.41) is 3.06. The number of fused-ring (bicyclic) bond motifs is 1. The van der Waals surface area contributed by atoms with E-state index in [9.17, 15) is 4.79 Å². The molecule has 176 valence electrons. The number of amides is 1. The number of imidazole rings is 1. The van der Waals surface area contributed by atoms with Gasteiger partial charge in [0.05, 0.1) is 17.6 Å². The van der Waals surface area contributed by atoms with E-state index in [-0.39, 0.29) is 5.91 Å². The number of benzene rings is 2. The number of nitrogens with zero attached hydrogens (tertiary/aromatic N) is 2. The lowest BCUT2D eigenvalue weighted by molar-refractivity contribution is -0.122. The van der Waals surface area contributed by atoms with Gasteiger partial charge in [-0.2, -0.15) is 0 Å². The van der Waals surface area contributed by atoms with Crippen molar-refractivity contribution in [3.63, 3.8) is 0 Å². The first-order valence-electron chi connectivity index (χ1n) is 12.5. The van der Waals surface area contributed by atoms with Crippen LogP contribution in [0.5, 0.6) is 5.75 Å². The van der Waals surface area contributed by atoms with Gasteiger partial charge >= 0.3 is 0 Å². The Morgan fingerprint density at radius 2 is 1.88 bits per heavy atom. The topological polar surface area (TPSA) is 56.1 Å². The van der Waals surface area contributed by atoms with Crippen molar-refractivity contribution >= 4 is 16.9 Å². The van der Waals surface area contributed by atoms with E-state index >= 15 is 0 Å².